The van der Waals surface area contributed by atoms with Gasteiger partial charge in [0.25, 0.3) is 0 Å². The molecule has 0 bridgehead atoms. The number of carbonyl (C=O) groups excluding carboxylic acids is 1. The Kier molecular flexibility index (Phi) is 6.20. The Hall–Kier alpha value is -2.18. The SMILES string of the molecule is Cc1ccc(C)c(S(=O)(=O)N2CCC[C@H](C(=O)N[C@H](C)c3ccccc3)C2)c1. The van der Waals surface area contributed by atoms with Crippen molar-refractivity contribution in [2.24, 2.45) is 5.92 Å². The average Bonchev–Trinajstić information content (AvgIpc) is 2.70. The van der Waals surface area contributed by atoms with Crippen molar-refractivity contribution in [1.82, 2.24) is 9.62 Å². The molecule has 1 heterocycles. The quantitative estimate of drug-likeness (QED) is 0.834. The zero-order valence-corrected chi connectivity index (χ0v) is 17.5. The van der Waals surface area contributed by atoms with Crippen molar-refractivity contribution >= 4 is 15.9 Å². The molecule has 1 aliphatic rings. The monoisotopic (exact) mass is 400 g/mol. The number of hydrogen-bond donors (Lipinski definition) is 1. The van der Waals surface area contributed by atoms with Crippen molar-refractivity contribution in [3.05, 3.63) is 65.2 Å². The Balaban J connectivity index is 1.73. The summed E-state index contributed by atoms with van der Waals surface area (Å²) < 4.78 is 27.8. The zero-order valence-electron chi connectivity index (χ0n) is 16.7. The van der Waals surface area contributed by atoms with Crippen LogP contribution in [0.5, 0.6) is 0 Å². The fourth-order valence-electron chi connectivity index (χ4n) is 3.66. The number of aryl methyl sites for hydroxylation is 2. The van der Waals surface area contributed by atoms with Crippen molar-refractivity contribution in [3.63, 3.8) is 0 Å². The van der Waals surface area contributed by atoms with Crippen LogP contribution in [0, 0.1) is 19.8 Å². The Morgan fingerprint density at radius 2 is 1.86 bits per heavy atom. The Morgan fingerprint density at radius 3 is 2.57 bits per heavy atom. The number of nitrogens with one attached hydrogen (secondary N) is 1. The summed E-state index contributed by atoms with van der Waals surface area (Å²) >= 11 is 0. The molecule has 1 aliphatic heterocycles. The largest absolute Gasteiger partial charge is 0.349 e. The normalized spacial score (nSPS) is 19.2. The first-order valence-corrected chi connectivity index (χ1v) is 11.2. The minimum atomic E-state index is -3.61. The highest BCUT2D eigenvalue weighted by Gasteiger charge is 2.34. The van der Waals surface area contributed by atoms with Crippen LogP contribution >= 0.6 is 0 Å². The van der Waals surface area contributed by atoms with Crippen LogP contribution in [0.1, 0.15) is 42.5 Å². The molecule has 0 radical (unpaired) electrons. The minimum absolute atomic E-state index is 0.0859. The predicted octanol–water partition coefficient (Wildman–Crippen LogP) is 3.58. The average molecular weight is 401 g/mol. The van der Waals surface area contributed by atoms with Gasteiger partial charge in [-0.2, -0.15) is 4.31 Å². The molecule has 0 spiro atoms. The smallest absolute Gasteiger partial charge is 0.243 e. The topological polar surface area (TPSA) is 66.5 Å². The summed E-state index contributed by atoms with van der Waals surface area (Å²) in [6.45, 7) is 6.31. The van der Waals surface area contributed by atoms with Crippen molar-refractivity contribution in [1.29, 1.82) is 0 Å². The molecule has 0 unspecified atom stereocenters. The maximum Gasteiger partial charge on any atom is 0.243 e. The first kappa shape index (κ1) is 20.6. The van der Waals surface area contributed by atoms with Crippen LogP contribution in [0.25, 0.3) is 0 Å². The van der Waals surface area contributed by atoms with E-state index in [2.05, 4.69) is 5.32 Å². The fourth-order valence-corrected chi connectivity index (χ4v) is 5.49. The van der Waals surface area contributed by atoms with Crippen molar-refractivity contribution in [2.45, 2.75) is 44.6 Å². The lowest BCUT2D eigenvalue weighted by Crippen LogP contribution is -2.45. The maximum absolute atomic E-state index is 13.2. The second-order valence-electron chi connectivity index (χ2n) is 7.61. The molecule has 1 N–H and O–H groups in total. The van der Waals surface area contributed by atoms with Crippen molar-refractivity contribution in [2.75, 3.05) is 13.1 Å². The van der Waals surface area contributed by atoms with E-state index in [1.165, 1.54) is 4.31 Å². The lowest BCUT2D eigenvalue weighted by Gasteiger charge is -2.32. The molecule has 0 aromatic heterocycles. The molecule has 2 aromatic carbocycles. The lowest BCUT2D eigenvalue weighted by atomic mass is 9.98. The third-order valence-corrected chi connectivity index (χ3v) is 7.38. The van der Waals surface area contributed by atoms with E-state index < -0.39 is 10.0 Å². The summed E-state index contributed by atoms with van der Waals surface area (Å²) in [5.41, 5.74) is 2.67. The third kappa shape index (κ3) is 4.45. The summed E-state index contributed by atoms with van der Waals surface area (Å²) in [6, 6.07) is 15.1. The van der Waals surface area contributed by atoms with Gasteiger partial charge in [-0.05, 0) is 56.4 Å². The third-order valence-electron chi connectivity index (χ3n) is 5.37. The molecular weight excluding hydrogens is 372 g/mol. The molecule has 0 aliphatic carbocycles. The van der Waals surface area contributed by atoms with Crippen LogP contribution in [-0.2, 0) is 14.8 Å². The van der Waals surface area contributed by atoms with Gasteiger partial charge < -0.3 is 5.32 Å². The molecule has 5 nitrogen and oxygen atoms in total. The lowest BCUT2D eigenvalue weighted by molar-refractivity contribution is -0.126. The molecule has 150 valence electrons. The number of carbonyl (C=O) groups is 1. The molecule has 2 aromatic rings. The van der Waals surface area contributed by atoms with E-state index in [0.717, 1.165) is 16.7 Å². The highest BCUT2D eigenvalue weighted by Crippen LogP contribution is 2.27. The number of hydrogen-bond acceptors (Lipinski definition) is 3. The molecule has 0 saturated carbocycles. The molecular formula is C22H28N2O3S. The summed E-state index contributed by atoms with van der Waals surface area (Å²) in [5, 5.41) is 3.04. The van der Waals surface area contributed by atoms with Gasteiger partial charge in [-0.3, -0.25) is 4.79 Å². The molecule has 6 heteroatoms. The number of nitrogens with zero attached hydrogens (tertiary/aromatic N) is 1. The number of sulfonamides is 1. The van der Waals surface area contributed by atoms with E-state index in [4.69, 9.17) is 0 Å². The van der Waals surface area contributed by atoms with Gasteiger partial charge in [0, 0.05) is 13.1 Å². The summed E-state index contributed by atoms with van der Waals surface area (Å²) in [5.74, 6) is -0.419. The fraction of sp³-hybridized carbons (Fsp3) is 0.409. The highest BCUT2D eigenvalue weighted by atomic mass is 32.2. The predicted molar refractivity (Wildman–Crippen MR) is 110 cm³/mol. The summed E-state index contributed by atoms with van der Waals surface area (Å²) in [4.78, 5) is 13.1. The number of rotatable bonds is 5. The Morgan fingerprint density at radius 1 is 1.14 bits per heavy atom. The van der Waals surface area contributed by atoms with Crippen LogP contribution in [0.3, 0.4) is 0 Å². The van der Waals surface area contributed by atoms with Crippen molar-refractivity contribution < 1.29 is 13.2 Å². The first-order chi connectivity index (χ1) is 13.3. The van der Waals surface area contributed by atoms with Gasteiger partial charge in [-0.25, -0.2) is 8.42 Å². The van der Waals surface area contributed by atoms with Crippen LogP contribution < -0.4 is 5.32 Å². The zero-order chi connectivity index (χ0) is 20.3. The van der Waals surface area contributed by atoms with Crippen LogP contribution in [0.15, 0.2) is 53.4 Å². The van der Waals surface area contributed by atoms with Crippen molar-refractivity contribution in [3.8, 4) is 0 Å². The molecule has 1 amide bonds. The van der Waals surface area contributed by atoms with Crippen LogP contribution in [-0.4, -0.2) is 31.7 Å². The van der Waals surface area contributed by atoms with E-state index in [-0.39, 0.29) is 24.4 Å². The second-order valence-corrected chi connectivity index (χ2v) is 9.52. The number of piperidine rings is 1. The molecule has 28 heavy (non-hydrogen) atoms. The second kappa shape index (κ2) is 8.45. The maximum atomic E-state index is 13.2. The van der Waals surface area contributed by atoms with Crippen LogP contribution in [0.4, 0.5) is 0 Å². The van der Waals surface area contributed by atoms with Gasteiger partial charge in [-0.1, -0.05) is 42.5 Å². The molecule has 1 fully saturated rings. The number of amides is 1. The van der Waals surface area contributed by atoms with E-state index in [1.54, 1.807) is 6.07 Å². The van der Waals surface area contributed by atoms with E-state index >= 15 is 0 Å². The standard InChI is InChI=1S/C22H28N2O3S/c1-16-11-12-17(2)21(14-16)28(26,27)24-13-7-10-20(15-24)22(25)23-18(3)19-8-5-4-6-9-19/h4-6,8-9,11-12,14,18,20H,7,10,13,15H2,1-3H3,(H,23,25)/t18-,20+/m1/s1. The van der Waals surface area contributed by atoms with Gasteiger partial charge in [0.2, 0.25) is 15.9 Å². The van der Waals surface area contributed by atoms with Gasteiger partial charge in [0.1, 0.15) is 0 Å². The van der Waals surface area contributed by atoms with Crippen LogP contribution in [0.2, 0.25) is 0 Å². The first-order valence-electron chi connectivity index (χ1n) is 9.72. The summed E-state index contributed by atoms with van der Waals surface area (Å²) in [6.07, 6.45) is 1.38. The molecule has 2 atom stereocenters. The Bertz CT molecular complexity index is 942. The Labute approximate surface area is 167 Å². The minimum Gasteiger partial charge on any atom is -0.349 e. The van der Waals surface area contributed by atoms with E-state index in [0.29, 0.717) is 24.3 Å². The van der Waals surface area contributed by atoms with Gasteiger partial charge >= 0.3 is 0 Å². The van der Waals surface area contributed by atoms with Gasteiger partial charge in [0.05, 0.1) is 16.9 Å². The van der Waals surface area contributed by atoms with Gasteiger partial charge in [0.15, 0.2) is 0 Å². The van der Waals surface area contributed by atoms with Gasteiger partial charge in [-0.15, -0.1) is 0 Å². The summed E-state index contributed by atoms with van der Waals surface area (Å²) in [7, 11) is -3.61. The molecule has 3 rings (SSSR count). The van der Waals surface area contributed by atoms with E-state index in [1.807, 2.05) is 63.2 Å². The number of benzene rings is 2. The highest BCUT2D eigenvalue weighted by molar-refractivity contribution is 7.89. The van der Waals surface area contributed by atoms with E-state index in [9.17, 15) is 13.2 Å². The molecule has 1 saturated heterocycles.